The molecule has 0 heterocycles. The van der Waals surface area contributed by atoms with Gasteiger partial charge in [-0.3, -0.25) is 0 Å². The molecule has 2 nitrogen and oxygen atoms in total. The average molecular weight is 1560 g/mol. The summed E-state index contributed by atoms with van der Waals surface area (Å²) in [4.78, 5) is 4.97. The van der Waals surface area contributed by atoms with Crippen LogP contribution in [0.25, 0.3) is 156 Å². The molecule has 0 atom stereocenters. The third-order valence-electron chi connectivity index (χ3n) is 25.6. The first-order valence-corrected chi connectivity index (χ1v) is 42.5. The number of anilines is 6. The highest BCUT2D eigenvalue weighted by atomic mass is 15.2. The van der Waals surface area contributed by atoms with E-state index >= 15 is 0 Å². The number of rotatable bonds is 18. The van der Waals surface area contributed by atoms with Crippen LogP contribution in [0.3, 0.4) is 0 Å². The highest BCUT2D eigenvalue weighted by molar-refractivity contribution is 6.05. The van der Waals surface area contributed by atoms with Crippen molar-refractivity contribution in [3.63, 3.8) is 0 Å². The summed E-state index contributed by atoms with van der Waals surface area (Å²) in [6.45, 7) is 9.49. The van der Waals surface area contributed by atoms with Crippen LogP contribution in [0, 0.1) is 0 Å². The summed E-state index contributed by atoms with van der Waals surface area (Å²) in [5, 5.41) is 0. The Morgan fingerprint density at radius 3 is 0.869 bits per heavy atom. The Bertz CT molecular complexity index is 7110. The van der Waals surface area contributed by atoms with Crippen molar-refractivity contribution in [1.82, 2.24) is 0 Å². The monoisotopic (exact) mass is 1560 g/mol. The van der Waals surface area contributed by atoms with Crippen LogP contribution < -0.4 is 9.80 Å². The average Bonchev–Trinajstić information content (AvgIpc) is 1.54. The van der Waals surface area contributed by atoms with Gasteiger partial charge in [-0.1, -0.05) is 410 Å². The van der Waals surface area contributed by atoms with Gasteiger partial charge in [0.15, 0.2) is 0 Å². The molecule has 0 amide bonds. The fraction of sp³-hybridized carbons (Fsp3) is 0.0500. The van der Waals surface area contributed by atoms with Crippen molar-refractivity contribution in [3.8, 4) is 156 Å². The van der Waals surface area contributed by atoms with Crippen LogP contribution >= 0.6 is 0 Å². The van der Waals surface area contributed by atoms with Gasteiger partial charge in [0.1, 0.15) is 0 Å². The molecular formula is C120H88N2. The molecule has 0 aromatic heterocycles. The Morgan fingerprint density at radius 1 is 0.139 bits per heavy atom. The minimum absolute atomic E-state index is 0.0731. The zero-order valence-electron chi connectivity index (χ0n) is 68.8. The van der Waals surface area contributed by atoms with Gasteiger partial charge >= 0.3 is 0 Å². The van der Waals surface area contributed by atoms with Gasteiger partial charge in [0.25, 0.3) is 0 Å². The van der Waals surface area contributed by atoms with Crippen molar-refractivity contribution in [1.29, 1.82) is 0 Å². The minimum Gasteiger partial charge on any atom is -0.310 e. The molecular weight excluding hydrogens is 1470 g/mol. The fourth-order valence-corrected chi connectivity index (χ4v) is 19.4. The van der Waals surface area contributed by atoms with Gasteiger partial charge in [0, 0.05) is 44.6 Å². The van der Waals surface area contributed by atoms with E-state index in [9.17, 15) is 0 Å². The molecule has 0 unspecified atom stereocenters. The van der Waals surface area contributed by atoms with Crippen LogP contribution in [0.5, 0.6) is 0 Å². The van der Waals surface area contributed by atoms with Crippen LogP contribution in [0.1, 0.15) is 49.9 Å². The molecule has 122 heavy (non-hydrogen) atoms. The van der Waals surface area contributed by atoms with Gasteiger partial charge in [-0.2, -0.15) is 0 Å². The lowest BCUT2D eigenvalue weighted by molar-refractivity contribution is 0.660. The van der Waals surface area contributed by atoms with Crippen molar-refractivity contribution >= 4 is 34.1 Å². The van der Waals surface area contributed by atoms with Crippen LogP contribution in [0.2, 0.25) is 0 Å². The summed E-state index contributed by atoms with van der Waals surface area (Å²) in [7, 11) is 0. The third-order valence-corrected chi connectivity index (χ3v) is 25.6. The Morgan fingerprint density at radius 2 is 0.402 bits per heavy atom. The number of benzene rings is 19. The maximum atomic E-state index is 2.51. The van der Waals surface area contributed by atoms with E-state index < -0.39 is 0 Å². The summed E-state index contributed by atoms with van der Waals surface area (Å²) in [5.74, 6) is 0. The predicted octanol–water partition coefficient (Wildman–Crippen LogP) is 33.2. The van der Waals surface area contributed by atoms with Crippen LogP contribution in [0.4, 0.5) is 34.1 Å². The number of nitrogens with zero attached hydrogens (tertiary/aromatic N) is 2. The summed E-state index contributed by atoms with van der Waals surface area (Å²) >= 11 is 0. The molecule has 0 N–H and O–H groups in total. The van der Waals surface area contributed by atoms with E-state index in [1.165, 1.54) is 111 Å². The minimum atomic E-state index is -0.252. The Hall–Kier alpha value is -15.2. The van der Waals surface area contributed by atoms with Crippen molar-refractivity contribution in [3.05, 3.63) is 483 Å². The first kappa shape index (κ1) is 74.3. The lowest BCUT2D eigenvalue weighted by atomic mass is 9.81. The second-order valence-corrected chi connectivity index (χ2v) is 33.4. The summed E-state index contributed by atoms with van der Waals surface area (Å²) in [6, 6.07) is 171. The molecule has 0 saturated heterocycles. The Balaban J connectivity index is 0.630. The molecule has 0 bridgehead atoms. The molecule has 0 spiro atoms. The van der Waals surface area contributed by atoms with Gasteiger partial charge in [0.2, 0.25) is 0 Å². The van der Waals surface area contributed by atoms with Gasteiger partial charge in [0.05, 0.1) is 17.1 Å². The molecule has 19 aromatic rings. The Labute approximate surface area is 716 Å². The third kappa shape index (κ3) is 13.4. The molecule has 0 fully saturated rings. The molecule has 19 aromatic carbocycles. The summed E-state index contributed by atoms with van der Waals surface area (Å²) in [5.41, 5.74) is 44.6. The molecule has 578 valence electrons. The van der Waals surface area contributed by atoms with E-state index in [0.29, 0.717) is 0 Å². The van der Waals surface area contributed by atoms with E-state index in [-0.39, 0.29) is 10.8 Å². The van der Waals surface area contributed by atoms with Crippen LogP contribution in [-0.4, -0.2) is 0 Å². The van der Waals surface area contributed by atoms with E-state index in [2.05, 4.69) is 499 Å². The van der Waals surface area contributed by atoms with E-state index in [1.54, 1.807) is 0 Å². The predicted molar refractivity (Wildman–Crippen MR) is 516 cm³/mol. The van der Waals surface area contributed by atoms with Crippen molar-refractivity contribution in [2.75, 3.05) is 9.80 Å². The molecule has 21 rings (SSSR count). The fourth-order valence-electron chi connectivity index (χ4n) is 19.4. The first-order chi connectivity index (χ1) is 60.0. The molecule has 2 heteroatoms. The topological polar surface area (TPSA) is 6.48 Å². The standard InChI is InChI=1S/C120H88N2/c1-119(2)110-51-26-24-46-104(110)108-78-93(66-75-111(108)119)85-63-72-98(73-64-85)122(116-54-30-50-103(89-39-18-9-19-40-89)118(116)107-48-23-21-44-100(107)87-35-14-7-15-36-87)114-52-27-25-45-101(114)90-57-55-82(56-58-90)95-65-74-105-109-79-94(67-76-112(109)120(3,4)113(105)80-95)84-61-70-97(71-62-84)121(96-68-59-83(60-69-96)92-42-28-41-91(77-92)81-31-10-5-11-32-81)115-53-29-49-102(88-37-16-8-17-38-88)117(115)106-47-22-20-43-99(106)86-33-12-6-13-34-86/h5-80H,1-4H3. The number of para-hydroxylation sites is 1. The van der Waals surface area contributed by atoms with Crippen molar-refractivity contribution in [2.45, 2.75) is 38.5 Å². The lowest BCUT2D eigenvalue weighted by Gasteiger charge is -2.31. The number of hydrogen-bond donors (Lipinski definition) is 0. The zero-order valence-corrected chi connectivity index (χ0v) is 68.8. The highest BCUT2D eigenvalue weighted by Crippen LogP contribution is 2.56. The molecule has 2 aliphatic carbocycles. The number of hydrogen-bond acceptors (Lipinski definition) is 2. The molecule has 2 aliphatic rings. The van der Waals surface area contributed by atoms with Crippen molar-refractivity contribution in [2.24, 2.45) is 0 Å². The molecule has 0 radical (unpaired) electrons. The quantitative estimate of drug-likeness (QED) is 0.0845. The van der Waals surface area contributed by atoms with Gasteiger partial charge in [-0.25, -0.2) is 0 Å². The Kier molecular flexibility index (Phi) is 19.0. The maximum Gasteiger partial charge on any atom is 0.0546 e. The molecule has 0 saturated carbocycles. The van der Waals surface area contributed by atoms with E-state index in [0.717, 1.165) is 101 Å². The largest absolute Gasteiger partial charge is 0.310 e. The molecule has 0 aliphatic heterocycles. The maximum absolute atomic E-state index is 2.51. The lowest BCUT2D eigenvalue weighted by Crippen LogP contribution is -2.15. The van der Waals surface area contributed by atoms with Crippen LogP contribution in [-0.2, 0) is 10.8 Å². The normalized spacial score (nSPS) is 12.6. The second-order valence-electron chi connectivity index (χ2n) is 33.4. The van der Waals surface area contributed by atoms with Gasteiger partial charge in [-0.15, -0.1) is 0 Å². The second kappa shape index (κ2) is 31.2. The highest BCUT2D eigenvalue weighted by Gasteiger charge is 2.38. The SMILES string of the molecule is CC1(C)c2ccccc2-c2cc(-c3ccc(N(c4ccccc4-c4ccc(-c5ccc6c(c5)C(C)(C)c5ccc(-c7ccc(N(c8ccc(-c9cccc(-c%10ccccc%10)c9)cc8)c8cccc(-c9ccccc9)c8-c8ccccc8-c8ccccc8)cc7)cc5-6)cc4)c4cccc(-c5ccccc5)c4-c4ccccc4-c4ccccc4)cc3)ccc21. The summed E-state index contributed by atoms with van der Waals surface area (Å²) < 4.78 is 0. The number of fused-ring (bicyclic) bond motifs is 6. The smallest absolute Gasteiger partial charge is 0.0546 e. The first-order valence-electron chi connectivity index (χ1n) is 42.5. The van der Waals surface area contributed by atoms with E-state index in [1.807, 2.05) is 0 Å². The van der Waals surface area contributed by atoms with E-state index in [4.69, 9.17) is 0 Å². The van der Waals surface area contributed by atoms with Crippen molar-refractivity contribution < 1.29 is 0 Å². The van der Waals surface area contributed by atoms with Gasteiger partial charge < -0.3 is 9.80 Å². The zero-order chi connectivity index (χ0) is 81.8. The van der Waals surface area contributed by atoms with Crippen LogP contribution in [0.15, 0.2) is 461 Å². The van der Waals surface area contributed by atoms with Gasteiger partial charge in [-0.05, 0) is 240 Å². The summed E-state index contributed by atoms with van der Waals surface area (Å²) in [6.07, 6.45) is 0.